The Bertz CT molecular complexity index is 214. The van der Waals surface area contributed by atoms with Gasteiger partial charge in [0.1, 0.15) is 0 Å². The van der Waals surface area contributed by atoms with E-state index < -0.39 is 0 Å². The molecule has 1 fully saturated rings. The SMILES string of the molecule is CC1(C)CCCN1C(=O)CCCCCN. The zero-order valence-electron chi connectivity index (χ0n) is 10.1. The van der Waals surface area contributed by atoms with Crippen LogP contribution in [0.25, 0.3) is 0 Å². The Morgan fingerprint density at radius 3 is 2.60 bits per heavy atom. The minimum atomic E-state index is 0.0882. The monoisotopic (exact) mass is 212 g/mol. The number of likely N-dealkylation sites (tertiary alicyclic amines) is 1. The van der Waals surface area contributed by atoms with Crippen LogP contribution < -0.4 is 5.73 Å². The predicted octanol–water partition coefficient (Wildman–Crippen LogP) is 1.91. The molecular weight excluding hydrogens is 188 g/mol. The minimum absolute atomic E-state index is 0.0882. The van der Waals surface area contributed by atoms with Crippen molar-refractivity contribution in [1.29, 1.82) is 0 Å². The number of hydrogen-bond donors (Lipinski definition) is 1. The smallest absolute Gasteiger partial charge is 0.223 e. The summed E-state index contributed by atoms with van der Waals surface area (Å²) in [5.74, 6) is 0.328. The highest BCUT2D eigenvalue weighted by Crippen LogP contribution is 2.28. The average molecular weight is 212 g/mol. The van der Waals surface area contributed by atoms with Gasteiger partial charge in [0, 0.05) is 18.5 Å². The van der Waals surface area contributed by atoms with Gasteiger partial charge in [0.05, 0.1) is 0 Å². The van der Waals surface area contributed by atoms with Crippen molar-refractivity contribution in [1.82, 2.24) is 4.90 Å². The van der Waals surface area contributed by atoms with Gasteiger partial charge in [-0.1, -0.05) is 6.42 Å². The van der Waals surface area contributed by atoms with Gasteiger partial charge in [-0.3, -0.25) is 4.79 Å². The molecule has 1 saturated heterocycles. The van der Waals surface area contributed by atoms with E-state index in [1.807, 2.05) is 0 Å². The standard InChI is InChI=1S/C12H24N2O/c1-12(2)8-6-10-14(12)11(15)7-4-3-5-9-13/h3-10,13H2,1-2H3. The maximum atomic E-state index is 11.9. The fourth-order valence-electron chi connectivity index (χ4n) is 2.30. The summed E-state index contributed by atoms with van der Waals surface area (Å²) in [7, 11) is 0. The Morgan fingerprint density at radius 1 is 1.33 bits per heavy atom. The molecule has 0 saturated carbocycles. The second-order valence-electron chi connectivity index (χ2n) is 5.06. The molecule has 1 aliphatic rings. The molecule has 1 rings (SSSR count). The Kier molecular flexibility index (Phi) is 4.58. The Hall–Kier alpha value is -0.570. The number of nitrogens with zero attached hydrogens (tertiary/aromatic N) is 1. The molecule has 1 heterocycles. The molecule has 2 N–H and O–H groups in total. The lowest BCUT2D eigenvalue weighted by Crippen LogP contribution is -2.42. The minimum Gasteiger partial charge on any atom is -0.338 e. The molecule has 0 aliphatic carbocycles. The summed E-state index contributed by atoms with van der Waals surface area (Å²) in [5.41, 5.74) is 5.50. The normalized spacial score (nSPS) is 19.5. The topological polar surface area (TPSA) is 46.3 Å². The molecule has 1 aliphatic heterocycles. The number of unbranched alkanes of at least 4 members (excludes halogenated alkanes) is 2. The molecule has 0 aromatic rings. The molecule has 0 aromatic carbocycles. The van der Waals surface area contributed by atoms with E-state index in [-0.39, 0.29) is 5.54 Å². The van der Waals surface area contributed by atoms with Crippen LogP contribution in [0.15, 0.2) is 0 Å². The second kappa shape index (κ2) is 5.50. The molecule has 0 atom stereocenters. The number of carbonyl (C=O) groups is 1. The molecule has 15 heavy (non-hydrogen) atoms. The third-order valence-electron chi connectivity index (χ3n) is 3.30. The third kappa shape index (κ3) is 3.49. The van der Waals surface area contributed by atoms with Crippen molar-refractivity contribution in [3.8, 4) is 0 Å². The van der Waals surface area contributed by atoms with E-state index in [1.165, 1.54) is 0 Å². The molecule has 3 heteroatoms. The summed E-state index contributed by atoms with van der Waals surface area (Å²) in [6.45, 7) is 6.02. The first-order valence-electron chi connectivity index (χ1n) is 6.08. The van der Waals surface area contributed by atoms with Gasteiger partial charge in [0.25, 0.3) is 0 Å². The van der Waals surface area contributed by atoms with Crippen LogP contribution in [-0.4, -0.2) is 29.4 Å². The van der Waals surface area contributed by atoms with E-state index in [4.69, 9.17) is 5.73 Å². The predicted molar refractivity (Wildman–Crippen MR) is 62.5 cm³/mol. The van der Waals surface area contributed by atoms with Crippen molar-refractivity contribution in [3.05, 3.63) is 0 Å². The first kappa shape index (κ1) is 12.5. The summed E-state index contributed by atoms with van der Waals surface area (Å²) >= 11 is 0. The zero-order chi connectivity index (χ0) is 11.3. The van der Waals surface area contributed by atoms with Gasteiger partial charge in [-0.25, -0.2) is 0 Å². The molecule has 0 spiro atoms. The van der Waals surface area contributed by atoms with E-state index in [2.05, 4.69) is 18.7 Å². The number of hydrogen-bond acceptors (Lipinski definition) is 2. The van der Waals surface area contributed by atoms with Crippen molar-refractivity contribution in [2.75, 3.05) is 13.1 Å². The highest BCUT2D eigenvalue weighted by molar-refractivity contribution is 5.77. The number of amides is 1. The van der Waals surface area contributed by atoms with Crippen LogP contribution in [0, 0.1) is 0 Å². The third-order valence-corrected chi connectivity index (χ3v) is 3.30. The maximum absolute atomic E-state index is 11.9. The van der Waals surface area contributed by atoms with Crippen LogP contribution in [0.1, 0.15) is 52.4 Å². The van der Waals surface area contributed by atoms with Crippen LogP contribution in [0.3, 0.4) is 0 Å². The van der Waals surface area contributed by atoms with Crippen molar-refractivity contribution in [3.63, 3.8) is 0 Å². The Morgan fingerprint density at radius 2 is 2.07 bits per heavy atom. The van der Waals surface area contributed by atoms with E-state index in [1.54, 1.807) is 0 Å². The van der Waals surface area contributed by atoms with Crippen LogP contribution in [0.5, 0.6) is 0 Å². The lowest BCUT2D eigenvalue weighted by molar-refractivity contribution is -0.134. The zero-order valence-corrected chi connectivity index (χ0v) is 10.1. The van der Waals surface area contributed by atoms with E-state index in [9.17, 15) is 4.79 Å². The van der Waals surface area contributed by atoms with Crippen molar-refractivity contribution in [2.45, 2.75) is 57.9 Å². The molecule has 0 aromatic heterocycles. The molecular formula is C12H24N2O. The highest BCUT2D eigenvalue weighted by Gasteiger charge is 2.34. The van der Waals surface area contributed by atoms with Gasteiger partial charge in [-0.15, -0.1) is 0 Å². The summed E-state index contributed by atoms with van der Waals surface area (Å²) < 4.78 is 0. The van der Waals surface area contributed by atoms with E-state index >= 15 is 0 Å². The van der Waals surface area contributed by atoms with Crippen LogP contribution in [-0.2, 0) is 4.79 Å². The molecule has 1 amide bonds. The van der Waals surface area contributed by atoms with Gasteiger partial charge < -0.3 is 10.6 Å². The molecule has 0 radical (unpaired) electrons. The first-order valence-corrected chi connectivity index (χ1v) is 6.08. The average Bonchev–Trinajstić information content (AvgIpc) is 2.52. The second-order valence-corrected chi connectivity index (χ2v) is 5.06. The van der Waals surface area contributed by atoms with Crippen LogP contribution in [0.2, 0.25) is 0 Å². The van der Waals surface area contributed by atoms with Crippen LogP contribution >= 0.6 is 0 Å². The van der Waals surface area contributed by atoms with Gasteiger partial charge in [0.2, 0.25) is 5.91 Å². The quantitative estimate of drug-likeness (QED) is 0.708. The fourth-order valence-corrected chi connectivity index (χ4v) is 2.30. The van der Waals surface area contributed by atoms with Crippen molar-refractivity contribution >= 4 is 5.91 Å². The molecule has 0 unspecified atom stereocenters. The largest absolute Gasteiger partial charge is 0.338 e. The van der Waals surface area contributed by atoms with Gasteiger partial charge >= 0.3 is 0 Å². The highest BCUT2D eigenvalue weighted by atomic mass is 16.2. The molecule has 88 valence electrons. The lowest BCUT2D eigenvalue weighted by Gasteiger charge is -2.31. The molecule has 3 nitrogen and oxygen atoms in total. The molecule has 0 bridgehead atoms. The summed E-state index contributed by atoms with van der Waals surface area (Å²) in [6.07, 6.45) is 6.10. The number of carbonyl (C=O) groups excluding carboxylic acids is 1. The fraction of sp³-hybridized carbons (Fsp3) is 0.917. The lowest BCUT2D eigenvalue weighted by atomic mass is 10.0. The van der Waals surface area contributed by atoms with Gasteiger partial charge in [0.15, 0.2) is 0 Å². The maximum Gasteiger partial charge on any atom is 0.223 e. The Labute approximate surface area is 93.0 Å². The van der Waals surface area contributed by atoms with Crippen molar-refractivity contribution < 1.29 is 4.79 Å². The van der Waals surface area contributed by atoms with Gasteiger partial charge in [-0.05, 0) is 46.1 Å². The van der Waals surface area contributed by atoms with E-state index in [0.29, 0.717) is 12.3 Å². The van der Waals surface area contributed by atoms with E-state index in [0.717, 1.165) is 45.2 Å². The first-order chi connectivity index (χ1) is 7.08. The summed E-state index contributed by atoms with van der Waals surface area (Å²) in [5, 5.41) is 0. The number of rotatable bonds is 5. The van der Waals surface area contributed by atoms with Gasteiger partial charge in [-0.2, -0.15) is 0 Å². The Balaban J connectivity index is 2.28. The number of nitrogens with two attached hydrogens (primary N) is 1. The van der Waals surface area contributed by atoms with Crippen LogP contribution in [0.4, 0.5) is 0 Å². The van der Waals surface area contributed by atoms with Crippen molar-refractivity contribution in [2.24, 2.45) is 5.73 Å². The summed E-state index contributed by atoms with van der Waals surface area (Å²) in [6, 6.07) is 0. The summed E-state index contributed by atoms with van der Waals surface area (Å²) in [4.78, 5) is 14.0.